The molecular weight excluding hydrogens is 324 g/mol. The zero-order chi connectivity index (χ0) is 17.9. The van der Waals surface area contributed by atoms with E-state index in [9.17, 15) is 0 Å². The zero-order valence-corrected chi connectivity index (χ0v) is 16.1. The molecule has 0 bridgehead atoms. The highest BCUT2D eigenvalue weighted by Gasteiger charge is 2.04. The van der Waals surface area contributed by atoms with Gasteiger partial charge in [-0.05, 0) is 49.0 Å². The van der Waals surface area contributed by atoms with Crippen LogP contribution in [0.15, 0.2) is 71.9 Å². The number of nitrogens with one attached hydrogen (secondary N) is 1. The van der Waals surface area contributed by atoms with E-state index in [1.54, 1.807) is 11.8 Å². The highest BCUT2D eigenvalue weighted by molar-refractivity contribution is 8.11. The Morgan fingerprint density at radius 1 is 1.44 bits per heavy atom. The molecule has 1 aromatic rings. The predicted octanol–water partition coefficient (Wildman–Crippen LogP) is 5.95. The van der Waals surface area contributed by atoms with Crippen LogP contribution < -0.4 is 5.32 Å². The quantitative estimate of drug-likeness (QED) is 0.337. The number of aliphatic imine (C=N–C) groups is 1. The molecule has 25 heavy (non-hydrogen) atoms. The smallest absolute Gasteiger partial charge is 0.0544 e. The average Bonchev–Trinajstić information content (AvgIpc) is 2.63. The van der Waals surface area contributed by atoms with Crippen molar-refractivity contribution in [3.63, 3.8) is 0 Å². The van der Waals surface area contributed by atoms with Gasteiger partial charge in [0.2, 0.25) is 0 Å². The first kappa shape index (κ1) is 19.3. The first-order valence-corrected chi connectivity index (χ1v) is 9.87. The lowest BCUT2D eigenvalue weighted by molar-refractivity contribution is 0.743. The highest BCUT2D eigenvalue weighted by Crippen LogP contribution is 2.19. The minimum atomic E-state index is 0.503. The molecule has 0 saturated carbocycles. The largest absolute Gasteiger partial charge is 0.359 e. The number of nitrogens with zero attached hydrogens (tertiary/aromatic N) is 1. The first-order chi connectivity index (χ1) is 12.2. The molecule has 0 heterocycles. The number of allylic oxidation sites excluding steroid dienone is 5. The summed E-state index contributed by atoms with van der Waals surface area (Å²) in [6, 6.07) is 8.56. The molecule has 1 atom stereocenters. The van der Waals surface area contributed by atoms with Gasteiger partial charge in [0.05, 0.1) is 5.55 Å². The zero-order valence-electron chi connectivity index (χ0n) is 15.2. The van der Waals surface area contributed by atoms with Crippen molar-refractivity contribution in [2.24, 2.45) is 10.9 Å². The van der Waals surface area contributed by atoms with Crippen LogP contribution in [0.25, 0.3) is 5.70 Å². The Kier molecular flexibility index (Phi) is 8.33. The lowest BCUT2D eigenvalue weighted by Gasteiger charge is -2.15. The molecule has 3 heteroatoms. The van der Waals surface area contributed by atoms with Gasteiger partial charge < -0.3 is 5.32 Å². The summed E-state index contributed by atoms with van der Waals surface area (Å²) in [7, 11) is 0. The number of benzene rings is 1. The van der Waals surface area contributed by atoms with E-state index in [1.165, 1.54) is 11.3 Å². The maximum atomic E-state index is 4.48. The Bertz CT molecular complexity index is 683. The molecule has 1 aliphatic carbocycles. The lowest BCUT2D eigenvalue weighted by atomic mass is 10.1. The molecule has 132 valence electrons. The maximum Gasteiger partial charge on any atom is 0.0544 e. The lowest BCUT2D eigenvalue weighted by Crippen LogP contribution is -2.12. The van der Waals surface area contributed by atoms with Gasteiger partial charge in [-0.2, -0.15) is 0 Å². The molecule has 1 unspecified atom stereocenters. The van der Waals surface area contributed by atoms with E-state index in [1.807, 2.05) is 12.5 Å². The van der Waals surface area contributed by atoms with E-state index in [0.29, 0.717) is 5.92 Å². The van der Waals surface area contributed by atoms with Crippen LogP contribution in [0.2, 0.25) is 0 Å². The van der Waals surface area contributed by atoms with Crippen LogP contribution in [0.5, 0.6) is 0 Å². The van der Waals surface area contributed by atoms with Gasteiger partial charge in [-0.25, -0.2) is 0 Å². The third-order valence-electron chi connectivity index (χ3n) is 3.91. The van der Waals surface area contributed by atoms with Crippen molar-refractivity contribution in [2.75, 3.05) is 6.54 Å². The topological polar surface area (TPSA) is 24.4 Å². The van der Waals surface area contributed by atoms with E-state index in [-0.39, 0.29) is 0 Å². The van der Waals surface area contributed by atoms with Gasteiger partial charge in [0.25, 0.3) is 0 Å². The monoisotopic (exact) mass is 352 g/mol. The molecule has 0 fully saturated rings. The van der Waals surface area contributed by atoms with Crippen molar-refractivity contribution in [3.8, 4) is 0 Å². The van der Waals surface area contributed by atoms with Gasteiger partial charge in [-0.1, -0.05) is 56.0 Å². The van der Waals surface area contributed by atoms with Crippen LogP contribution in [0.3, 0.4) is 0 Å². The van der Waals surface area contributed by atoms with Crippen molar-refractivity contribution in [2.45, 2.75) is 32.4 Å². The Morgan fingerprint density at radius 3 is 3.08 bits per heavy atom. The van der Waals surface area contributed by atoms with Gasteiger partial charge >= 0.3 is 0 Å². The van der Waals surface area contributed by atoms with Crippen molar-refractivity contribution < 1.29 is 0 Å². The van der Waals surface area contributed by atoms with Crippen molar-refractivity contribution >= 4 is 23.0 Å². The predicted molar refractivity (Wildman–Crippen MR) is 114 cm³/mol. The fourth-order valence-electron chi connectivity index (χ4n) is 2.61. The number of hydrogen-bond acceptors (Lipinski definition) is 3. The molecule has 2 rings (SSSR count). The van der Waals surface area contributed by atoms with Gasteiger partial charge in [-0.3, -0.25) is 4.99 Å². The average molecular weight is 353 g/mol. The Balaban J connectivity index is 1.84. The van der Waals surface area contributed by atoms with Crippen LogP contribution in [0, 0.1) is 5.92 Å². The number of thioether (sulfide) groups is 1. The molecule has 1 aromatic carbocycles. The third kappa shape index (κ3) is 7.18. The van der Waals surface area contributed by atoms with Crippen LogP contribution in [0.4, 0.5) is 0 Å². The summed E-state index contributed by atoms with van der Waals surface area (Å²) in [5.41, 5.74) is 6.60. The number of hydrogen-bond donors (Lipinski definition) is 1. The van der Waals surface area contributed by atoms with Crippen molar-refractivity contribution in [1.29, 1.82) is 0 Å². The molecule has 0 aliphatic heterocycles. The van der Waals surface area contributed by atoms with Crippen molar-refractivity contribution in [1.82, 2.24) is 5.32 Å². The number of rotatable bonds is 9. The SMILES string of the molecule is C=C(NC1=CC=CCC1)c1cccc(CSC=NCC(C)/C=C\C)c1. The molecular formula is C22H28N2S. The molecule has 2 nitrogen and oxygen atoms in total. The minimum Gasteiger partial charge on any atom is -0.359 e. The summed E-state index contributed by atoms with van der Waals surface area (Å²) in [4.78, 5) is 4.48. The molecule has 0 aromatic heterocycles. The van der Waals surface area contributed by atoms with Gasteiger partial charge in [0, 0.05) is 23.7 Å². The van der Waals surface area contributed by atoms with Crippen LogP contribution in [0.1, 0.15) is 37.8 Å². The van der Waals surface area contributed by atoms with Gasteiger partial charge in [-0.15, -0.1) is 11.8 Å². The van der Waals surface area contributed by atoms with E-state index >= 15 is 0 Å². The minimum absolute atomic E-state index is 0.503. The second kappa shape index (κ2) is 10.8. The standard InChI is InChI=1S/C22H28N2S/c1-4-9-18(2)15-23-17-25-16-20-10-8-11-21(14-20)19(3)24-22-12-6-5-7-13-22/h4-6,8-12,14,17-18,24H,3,7,13,15-16H2,1-2H3/b9-4-,23-17?. The van der Waals surface area contributed by atoms with Crippen LogP contribution >= 0.6 is 11.8 Å². The highest BCUT2D eigenvalue weighted by atomic mass is 32.2. The Hall–Kier alpha value is -2.00. The van der Waals surface area contributed by atoms with Crippen molar-refractivity contribution in [3.05, 3.63) is 78.0 Å². The second-order valence-corrected chi connectivity index (χ2v) is 7.08. The van der Waals surface area contributed by atoms with Crippen LogP contribution in [-0.2, 0) is 5.75 Å². The fourth-order valence-corrected chi connectivity index (χ4v) is 3.24. The second-order valence-electron chi connectivity index (χ2n) is 6.25. The summed E-state index contributed by atoms with van der Waals surface area (Å²) in [5.74, 6) is 1.43. The molecule has 1 N–H and O–H groups in total. The van der Waals surface area contributed by atoms with Crippen LogP contribution in [-0.4, -0.2) is 12.1 Å². The molecule has 0 spiro atoms. The molecule has 0 amide bonds. The third-order valence-corrected chi connectivity index (χ3v) is 4.71. The summed E-state index contributed by atoms with van der Waals surface area (Å²) >= 11 is 1.74. The fraction of sp³-hybridized carbons (Fsp3) is 0.318. The van der Waals surface area contributed by atoms with Gasteiger partial charge in [0.15, 0.2) is 0 Å². The first-order valence-electron chi connectivity index (χ1n) is 8.82. The summed E-state index contributed by atoms with van der Waals surface area (Å²) in [6.07, 6.45) is 12.8. The molecule has 0 radical (unpaired) electrons. The van der Waals surface area contributed by atoms with E-state index < -0.39 is 0 Å². The molecule has 1 aliphatic rings. The summed E-state index contributed by atoms with van der Waals surface area (Å²) in [6.45, 7) is 9.27. The van der Waals surface area contributed by atoms with E-state index in [0.717, 1.165) is 36.4 Å². The van der Waals surface area contributed by atoms with E-state index in [4.69, 9.17) is 0 Å². The van der Waals surface area contributed by atoms with Gasteiger partial charge in [0.1, 0.15) is 0 Å². The van der Waals surface area contributed by atoms with E-state index in [2.05, 4.69) is 78.5 Å². The Morgan fingerprint density at radius 2 is 2.32 bits per heavy atom. The summed E-state index contributed by atoms with van der Waals surface area (Å²) < 4.78 is 0. The normalized spacial score (nSPS) is 15.5. The molecule has 0 saturated heterocycles. The Labute approximate surface area is 156 Å². The maximum absolute atomic E-state index is 4.48. The summed E-state index contributed by atoms with van der Waals surface area (Å²) in [5, 5.41) is 3.44.